The Balaban J connectivity index is 1.56. The number of carbonyl (C=O) groups excluding carboxylic acids is 1. The molecule has 0 aliphatic rings. The Labute approximate surface area is 141 Å². The summed E-state index contributed by atoms with van der Waals surface area (Å²) in [4.78, 5) is 15.5. The van der Waals surface area contributed by atoms with Crippen LogP contribution < -0.4 is 5.32 Å². The number of carbonyl (C=O) groups is 1. The van der Waals surface area contributed by atoms with Gasteiger partial charge < -0.3 is 14.9 Å². The van der Waals surface area contributed by atoms with Gasteiger partial charge in [0.1, 0.15) is 6.54 Å². The molecule has 0 atom stereocenters. The fourth-order valence-electron chi connectivity index (χ4n) is 2.81. The number of H-pyrrole nitrogens is 1. The molecule has 1 amide bonds. The second-order valence-corrected chi connectivity index (χ2v) is 6.30. The van der Waals surface area contributed by atoms with Gasteiger partial charge in [0.15, 0.2) is 0 Å². The quantitative estimate of drug-likeness (QED) is 0.549. The highest BCUT2D eigenvalue weighted by molar-refractivity contribution is 9.10. The predicted molar refractivity (Wildman–Crippen MR) is 96.6 cm³/mol. The number of nitrogens with zero attached hydrogens (tertiary/aromatic N) is 1. The smallest absolute Gasteiger partial charge is 0.244 e. The monoisotopic (exact) mass is 367 g/mol. The fraction of sp³-hybridized carbons (Fsp3) is 0.0556. The maximum Gasteiger partial charge on any atom is 0.244 e. The zero-order valence-corrected chi connectivity index (χ0v) is 13.8. The summed E-state index contributed by atoms with van der Waals surface area (Å²) in [6, 6.07) is 15.8. The standard InChI is InChI=1S/C18H14BrN3O/c19-15-2-1-3-17-14(15)7-9-22(17)11-18(23)21-13-4-5-16-12(10-13)6-8-20-16/h1-10,20H,11H2,(H,21,23). The van der Waals surface area contributed by atoms with Crippen LogP contribution in [0.1, 0.15) is 0 Å². The summed E-state index contributed by atoms with van der Waals surface area (Å²) < 4.78 is 2.98. The summed E-state index contributed by atoms with van der Waals surface area (Å²) in [5.41, 5.74) is 2.90. The minimum atomic E-state index is -0.0441. The van der Waals surface area contributed by atoms with Crippen molar-refractivity contribution in [3.05, 3.63) is 65.4 Å². The number of hydrogen-bond acceptors (Lipinski definition) is 1. The van der Waals surface area contributed by atoms with Crippen molar-refractivity contribution in [3.63, 3.8) is 0 Å². The van der Waals surface area contributed by atoms with Gasteiger partial charge >= 0.3 is 0 Å². The second kappa shape index (κ2) is 5.59. The van der Waals surface area contributed by atoms with Crippen LogP contribution in [0.2, 0.25) is 0 Å². The van der Waals surface area contributed by atoms with E-state index in [0.717, 1.165) is 32.0 Å². The Kier molecular flexibility index (Phi) is 3.42. The van der Waals surface area contributed by atoms with Gasteiger partial charge in [0, 0.05) is 44.4 Å². The van der Waals surface area contributed by atoms with Crippen molar-refractivity contribution in [3.8, 4) is 0 Å². The number of amides is 1. The molecule has 2 aromatic heterocycles. The predicted octanol–water partition coefficient (Wildman–Crippen LogP) is 4.52. The maximum atomic E-state index is 12.3. The highest BCUT2D eigenvalue weighted by atomic mass is 79.9. The van der Waals surface area contributed by atoms with Crippen LogP contribution in [0.15, 0.2) is 65.4 Å². The number of anilines is 1. The average molecular weight is 368 g/mol. The van der Waals surface area contributed by atoms with E-state index in [1.165, 1.54) is 0 Å². The SMILES string of the molecule is O=C(Cn1ccc2c(Br)cccc21)Nc1ccc2[nH]ccc2c1. The second-order valence-electron chi connectivity index (χ2n) is 5.44. The molecule has 0 saturated heterocycles. The van der Waals surface area contributed by atoms with Gasteiger partial charge in [-0.15, -0.1) is 0 Å². The van der Waals surface area contributed by atoms with Crippen molar-refractivity contribution in [1.29, 1.82) is 0 Å². The molecular formula is C18H14BrN3O. The van der Waals surface area contributed by atoms with Crippen LogP contribution >= 0.6 is 15.9 Å². The Morgan fingerprint density at radius 2 is 2.09 bits per heavy atom. The van der Waals surface area contributed by atoms with Crippen LogP contribution in [0.25, 0.3) is 21.8 Å². The van der Waals surface area contributed by atoms with Crippen molar-refractivity contribution >= 4 is 49.3 Å². The molecule has 4 aromatic rings. The molecule has 0 aliphatic heterocycles. The molecule has 23 heavy (non-hydrogen) atoms. The number of rotatable bonds is 3. The minimum absolute atomic E-state index is 0.0441. The highest BCUT2D eigenvalue weighted by Crippen LogP contribution is 2.25. The molecule has 0 spiro atoms. The van der Waals surface area contributed by atoms with Gasteiger partial charge in [-0.2, -0.15) is 0 Å². The molecule has 4 rings (SSSR count). The van der Waals surface area contributed by atoms with Crippen LogP contribution in [0.3, 0.4) is 0 Å². The Hall–Kier alpha value is -2.53. The zero-order chi connectivity index (χ0) is 15.8. The van der Waals surface area contributed by atoms with Gasteiger partial charge in [0.05, 0.1) is 0 Å². The number of nitrogens with one attached hydrogen (secondary N) is 2. The van der Waals surface area contributed by atoms with Gasteiger partial charge in [-0.25, -0.2) is 0 Å². The lowest BCUT2D eigenvalue weighted by Crippen LogP contribution is -2.18. The zero-order valence-electron chi connectivity index (χ0n) is 12.2. The molecular weight excluding hydrogens is 354 g/mol. The van der Waals surface area contributed by atoms with E-state index < -0.39 is 0 Å². The summed E-state index contributed by atoms with van der Waals surface area (Å²) in [5.74, 6) is -0.0441. The number of hydrogen-bond donors (Lipinski definition) is 2. The lowest BCUT2D eigenvalue weighted by Gasteiger charge is -2.08. The number of benzene rings is 2. The molecule has 4 nitrogen and oxygen atoms in total. The van der Waals surface area contributed by atoms with E-state index >= 15 is 0 Å². The van der Waals surface area contributed by atoms with Crippen LogP contribution in [-0.2, 0) is 11.3 Å². The van der Waals surface area contributed by atoms with E-state index in [1.807, 2.05) is 65.5 Å². The summed E-state index contributed by atoms with van der Waals surface area (Å²) in [7, 11) is 0. The number of fused-ring (bicyclic) bond motifs is 2. The largest absolute Gasteiger partial charge is 0.361 e. The third kappa shape index (κ3) is 2.64. The molecule has 5 heteroatoms. The first-order chi connectivity index (χ1) is 11.2. The van der Waals surface area contributed by atoms with Gasteiger partial charge in [-0.05, 0) is 42.5 Å². The molecule has 114 valence electrons. The van der Waals surface area contributed by atoms with Gasteiger partial charge in [0.2, 0.25) is 5.91 Å². The average Bonchev–Trinajstić information content (AvgIpc) is 3.15. The summed E-state index contributed by atoms with van der Waals surface area (Å²) >= 11 is 3.53. The highest BCUT2D eigenvalue weighted by Gasteiger charge is 2.08. The summed E-state index contributed by atoms with van der Waals surface area (Å²) in [5, 5.41) is 5.14. The molecule has 0 saturated carbocycles. The van der Waals surface area contributed by atoms with Crippen molar-refractivity contribution in [2.45, 2.75) is 6.54 Å². The molecule has 2 heterocycles. The maximum absolute atomic E-state index is 12.3. The Morgan fingerprint density at radius 3 is 3.00 bits per heavy atom. The van der Waals surface area contributed by atoms with Crippen LogP contribution in [0.5, 0.6) is 0 Å². The van der Waals surface area contributed by atoms with Gasteiger partial charge in [-0.3, -0.25) is 4.79 Å². The van der Waals surface area contributed by atoms with Gasteiger partial charge in [0.25, 0.3) is 0 Å². The van der Waals surface area contributed by atoms with Crippen molar-refractivity contribution in [2.75, 3.05) is 5.32 Å². The van der Waals surface area contributed by atoms with Crippen molar-refractivity contribution in [2.24, 2.45) is 0 Å². The first-order valence-corrected chi connectivity index (χ1v) is 8.10. The number of aromatic nitrogens is 2. The molecule has 0 bridgehead atoms. The van der Waals surface area contributed by atoms with E-state index in [1.54, 1.807) is 0 Å². The lowest BCUT2D eigenvalue weighted by atomic mass is 10.2. The topological polar surface area (TPSA) is 49.8 Å². The molecule has 0 fully saturated rings. The van der Waals surface area contributed by atoms with E-state index in [2.05, 4.69) is 26.2 Å². The fourth-order valence-corrected chi connectivity index (χ4v) is 3.30. The molecule has 0 aliphatic carbocycles. The molecule has 0 radical (unpaired) electrons. The first kappa shape index (κ1) is 14.1. The Morgan fingerprint density at radius 1 is 1.17 bits per heavy atom. The summed E-state index contributed by atoms with van der Waals surface area (Å²) in [6.07, 6.45) is 3.82. The molecule has 2 N–H and O–H groups in total. The van der Waals surface area contributed by atoms with Crippen molar-refractivity contribution < 1.29 is 4.79 Å². The van der Waals surface area contributed by atoms with Crippen LogP contribution in [0, 0.1) is 0 Å². The number of aromatic amines is 1. The summed E-state index contributed by atoms with van der Waals surface area (Å²) in [6.45, 7) is 0.283. The third-order valence-corrected chi connectivity index (χ3v) is 4.60. The Bertz CT molecular complexity index is 1020. The van der Waals surface area contributed by atoms with Crippen LogP contribution in [-0.4, -0.2) is 15.5 Å². The normalized spacial score (nSPS) is 11.2. The van der Waals surface area contributed by atoms with E-state index in [-0.39, 0.29) is 12.5 Å². The molecule has 2 aromatic carbocycles. The van der Waals surface area contributed by atoms with Crippen LogP contribution in [0.4, 0.5) is 5.69 Å². The first-order valence-electron chi connectivity index (χ1n) is 7.31. The molecule has 0 unspecified atom stereocenters. The van der Waals surface area contributed by atoms with Gasteiger partial charge in [-0.1, -0.05) is 22.0 Å². The number of halogens is 1. The van der Waals surface area contributed by atoms with E-state index in [9.17, 15) is 4.79 Å². The third-order valence-electron chi connectivity index (χ3n) is 3.91. The van der Waals surface area contributed by atoms with E-state index in [0.29, 0.717) is 0 Å². The minimum Gasteiger partial charge on any atom is -0.361 e. The van der Waals surface area contributed by atoms with Crippen molar-refractivity contribution in [1.82, 2.24) is 9.55 Å². The van der Waals surface area contributed by atoms with E-state index in [4.69, 9.17) is 0 Å². The lowest BCUT2D eigenvalue weighted by molar-refractivity contribution is -0.116.